The monoisotopic (exact) mass is 170 g/mol. The van der Waals surface area contributed by atoms with E-state index in [0.29, 0.717) is 0 Å². The zero-order valence-electron chi connectivity index (χ0n) is 7.51. The van der Waals surface area contributed by atoms with Gasteiger partial charge >= 0.3 is 0 Å². The Hall–Kier alpha value is -0.170. The third-order valence-corrected chi connectivity index (χ3v) is 4.44. The van der Waals surface area contributed by atoms with Crippen molar-refractivity contribution in [2.75, 3.05) is 5.75 Å². The molecule has 1 unspecified atom stereocenters. The van der Waals surface area contributed by atoms with Crippen LogP contribution in [0, 0.1) is 0 Å². The van der Waals surface area contributed by atoms with Crippen molar-refractivity contribution in [2.24, 2.45) is 0 Å². The van der Waals surface area contributed by atoms with Crippen LogP contribution in [0.1, 0.15) is 33.1 Å². The quantitative estimate of drug-likeness (QED) is 0.483. The molecule has 0 aromatic carbocycles. The molecule has 1 heteroatoms. The number of hydrogen-bond donors (Lipinski definition) is 1. The van der Waals surface area contributed by atoms with Gasteiger partial charge in [0.1, 0.15) is 0 Å². The van der Waals surface area contributed by atoms with E-state index in [1.165, 1.54) is 25.0 Å². The summed E-state index contributed by atoms with van der Waals surface area (Å²) in [6.45, 7) is 4.53. The van der Waals surface area contributed by atoms with Gasteiger partial charge in [0.25, 0.3) is 0 Å². The van der Waals surface area contributed by atoms with Crippen LogP contribution in [-0.2, 0) is 0 Å². The maximum absolute atomic E-state index is 2.39. The van der Waals surface area contributed by atoms with Gasteiger partial charge in [-0.2, -0.15) is 0 Å². The molecule has 1 heterocycles. The second kappa shape index (κ2) is 4.66. The largest absolute Gasteiger partial charge is 0.211 e. The molecule has 0 saturated carbocycles. The minimum atomic E-state index is 0.163. The maximum atomic E-state index is 2.39. The molecule has 0 spiro atoms. The van der Waals surface area contributed by atoms with Crippen LogP contribution in [-0.4, -0.2) is 5.75 Å². The van der Waals surface area contributed by atoms with Gasteiger partial charge in [0, 0.05) is 0 Å². The van der Waals surface area contributed by atoms with Gasteiger partial charge in [-0.1, -0.05) is 31.9 Å². The lowest BCUT2D eigenvalue weighted by Gasteiger charge is -2.13. The van der Waals surface area contributed by atoms with Crippen molar-refractivity contribution < 1.29 is 0 Å². The molecule has 11 heavy (non-hydrogen) atoms. The number of thiol groups is 1. The fraction of sp³-hybridized carbons (Fsp3) is 0.600. The molecule has 0 radical (unpaired) electrons. The Kier molecular flexibility index (Phi) is 3.78. The molecule has 1 atom stereocenters. The van der Waals surface area contributed by atoms with Crippen LogP contribution < -0.4 is 0 Å². The predicted octanol–water partition coefficient (Wildman–Crippen LogP) is 3.61. The molecule has 0 aliphatic carbocycles. The van der Waals surface area contributed by atoms with Gasteiger partial charge in [0.2, 0.25) is 0 Å². The van der Waals surface area contributed by atoms with E-state index in [2.05, 4.69) is 31.4 Å². The summed E-state index contributed by atoms with van der Waals surface area (Å²) in [4.78, 5) is 1.61. The van der Waals surface area contributed by atoms with Crippen molar-refractivity contribution in [2.45, 2.75) is 33.1 Å². The maximum Gasteiger partial charge on any atom is -0.0183 e. The van der Waals surface area contributed by atoms with Crippen molar-refractivity contribution in [1.82, 2.24) is 0 Å². The first-order chi connectivity index (χ1) is 5.34. The molecule has 0 saturated heterocycles. The lowest BCUT2D eigenvalue weighted by molar-refractivity contribution is 0.778. The van der Waals surface area contributed by atoms with Crippen LogP contribution in [0.25, 0.3) is 0 Å². The first-order valence-corrected chi connectivity index (χ1v) is 6.06. The summed E-state index contributed by atoms with van der Waals surface area (Å²) < 4.78 is 0. The van der Waals surface area contributed by atoms with Crippen molar-refractivity contribution in [3.05, 3.63) is 22.5 Å². The Balaban J connectivity index is 2.17. The van der Waals surface area contributed by atoms with Crippen molar-refractivity contribution in [1.29, 1.82) is 0 Å². The third kappa shape index (κ3) is 2.74. The average molecular weight is 170 g/mol. The van der Waals surface area contributed by atoms with Crippen LogP contribution in [0.5, 0.6) is 0 Å². The minimum absolute atomic E-state index is 0.163. The Labute approximate surface area is 72.7 Å². The molecule has 0 amide bonds. The molecular formula is C10H18S. The third-order valence-electron chi connectivity index (χ3n) is 2.06. The molecule has 0 N–H and O–H groups in total. The van der Waals surface area contributed by atoms with E-state index in [4.69, 9.17) is 0 Å². The van der Waals surface area contributed by atoms with Crippen LogP contribution in [0.15, 0.2) is 22.5 Å². The average Bonchev–Trinajstić information content (AvgIpc) is 2.37. The van der Waals surface area contributed by atoms with E-state index in [-0.39, 0.29) is 10.9 Å². The van der Waals surface area contributed by atoms with Gasteiger partial charge in [0.05, 0.1) is 0 Å². The summed E-state index contributed by atoms with van der Waals surface area (Å²) in [6.07, 6.45) is 8.64. The molecular weight excluding hydrogens is 152 g/mol. The molecule has 1 rings (SSSR count). The van der Waals surface area contributed by atoms with Crippen LogP contribution >= 0.6 is 10.9 Å². The summed E-state index contributed by atoms with van der Waals surface area (Å²) in [5, 5.41) is 2.39. The van der Waals surface area contributed by atoms with E-state index in [1.54, 1.807) is 4.91 Å². The summed E-state index contributed by atoms with van der Waals surface area (Å²) >= 11 is 0. The Bertz CT molecular complexity index is 168. The minimum Gasteiger partial charge on any atom is -0.211 e. The summed E-state index contributed by atoms with van der Waals surface area (Å²) in [7, 11) is 0.163. The second-order valence-electron chi connectivity index (χ2n) is 3.05. The van der Waals surface area contributed by atoms with E-state index in [9.17, 15) is 0 Å². The summed E-state index contributed by atoms with van der Waals surface area (Å²) in [5.74, 6) is 1.42. The number of allylic oxidation sites excluding steroid dienone is 3. The van der Waals surface area contributed by atoms with Crippen LogP contribution in [0.3, 0.4) is 0 Å². The van der Waals surface area contributed by atoms with Gasteiger partial charge in [-0.25, -0.2) is 10.9 Å². The lowest BCUT2D eigenvalue weighted by Crippen LogP contribution is -1.85. The smallest absolute Gasteiger partial charge is 0.0183 e. The van der Waals surface area contributed by atoms with Gasteiger partial charge < -0.3 is 0 Å². The van der Waals surface area contributed by atoms with Gasteiger partial charge in [-0.05, 0) is 29.4 Å². The molecule has 0 aromatic heterocycles. The van der Waals surface area contributed by atoms with Crippen molar-refractivity contribution in [3.8, 4) is 0 Å². The van der Waals surface area contributed by atoms with Crippen LogP contribution in [0.2, 0.25) is 0 Å². The highest BCUT2D eigenvalue weighted by Gasteiger charge is 2.04. The number of rotatable bonds is 4. The first-order valence-electron chi connectivity index (χ1n) is 4.46. The van der Waals surface area contributed by atoms with Crippen molar-refractivity contribution >= 4 is 10.9 Å². The molecule has 0 bridgehead atoms. The van der Waals surface area contributed by atoms with E-state index in [0.717, 1.165) is 0 Å². The lowest BCUT2D eigenvalue weighted by atomic mass is 10.3. The topological polar surface area (TPSA) is 0 Å². The summed E-state index contributed by atoms with van der Waals surface area (Å²) in [5.41, 5.74) is 0. The first kappa shape index (κ1) is 8.92. The molecule has 0 aromatic rings. The predicted molar refractivity (Wildman–Crippen MR) is 56.3 cm³/mol. The molecule has 1 aliphatic heterocycles. The van der Waals surface area contributed by atoms with Gasteiger partial charge in [-0.15, -0.1) is 0 Å². The second-order valence-corrected chi connectivity index (χ2v) is 5.44. The van der Waals surface area contributed by atoms with E-state index < -0.39 is 0 Å². The number of unbranched alkanes of at least 4 members (excludes halogenated alkanes) is 2. The Morgan fingerprint density at radius 1 is 1.36 bits per heavy atom. The van der Waals surface area contributed by atoms with Crippen LogP contribution in [0.4, 0.5) is 0 Å². The fourth-order valence-corrected chi connectivity index (χ4v) is 3.16. The normalized spacial score (nSPS) is 25.6. The van der Waals surface area contributed by atoms with E-state index in [1.807, 2.05) is 0 Å². The van der Waals surface area contributed by atoms with Gasteiger partial charge in [0.15, 0.2) is 0 Å². The molecule has 64 valence electrons. The standard InChI is InChI=1S/C10H18S/c1-3-4-5-8-11-9-6-7-10(11)2/h6-7,9,11H,3-5,8H2,1-2H3. The van der Waals surface area contributed by atoms with E-state index >= 15 is 0 Å². The zero-order chi connectivity index (χ0) is 8.10. The van der Waals surface area contributed by atoms with Gasteiger partial charge in [-0.3, -0.25) is 0 Å². The fourth-order valence-electron chi connectivity index (χ4n) is 1.28. The highest BCUT2D eigenvalue weighted by molar-refractivity contribution is 8.23. The molecule has 1 aliphatic rings. The SMILES string of the molecule is CCCCC[SH]1C=CC=C1C. The molecule has 0 nitrogen and oxygen atoms in total. The molecule has 0 fully saturated rings. The highest BCUT2D eigenvalue weighted by atomic mass is 32.2. The highest BCUT2D eigenvalue weighted by Crippen LogP contribution is 2.40. The van der Waals surface area contributed by atoms with Crippen molar-refractivity contribution in [3.63, 3.8) is 0 Å². The Morgan fingerprint density at radius 2 is 2.18 bits per heavy atom. The number of hydrogen-bond acceptors (Lipinski definition) is 0. The zero-order valence-corrected chi connectivity index (χ0v) is 8.40. The summed E-state index contributed by atoms with van der Waals surface area (Å²) in [6, 6.07) is 0. The Morgan fingerprint density at radius 3 is 2.73 bits per heavy atom.